The Bertz CT molecular complexity index is 416. The van der Waals surface area contributed by atoms with Crippen molar-refractivity contribution in [2.45, 2.75) is 38.9 Å². The third-order valence-electron chi connectivity index (χ3n) is 3.34. The van der Waals surface area contributed by atoms with Gasteiger partial charge in [0.2, 0.25) is 0 Å². The summed E-state index contributed by atoms with van der Waals surface area (Å²) in [6.07, 6.45) is 5.73. The fourth-order valence-electron chi connectivity index (χ4n) is 2.00. The van der Waals surface area contributed by atoms with Gasteiger partial charge in [-0.3, -0.25) is 4.55 Å². The van der Waals surface area contributed by atoms with Crippen LogP contribution in [0.2, 0.25) is 0 Å². The molecule has 0 aromatic carbocycles. The van der Waals surface area contributed by atoms with Crippen LogP contribution in [0.5, 0.6) is 0 Å². The molecule has 4 heteroatoms. The molecule has 0 radical (unpaired) electrons. The molecule has 1 unspecified atom stereocenters. The molecule has 0 bridgehead atoms. The molecule has 1 N–H and O–H groups in total. The average Bonchev–Trinajstić information content (AvgIpc) is 2.15. The average molecular weight is 244 g/mol. The zero-order chi connectivity index (χ0) is 12.6. The monoisotopic (exact) mass is 244 g/mol. The molecule has 1 rings (SSSR count). The van der Waals surface area contributed by atoms with Gasteiger partial charge in [0.1, 0.15) is 4.75 Å². The Morgan fingerprint density at radius 3 is 2.12 bits per heavy atom. The van der Waals surface area contributed by atoms with E-state index in [1.165, 1.54) is 0 Å². The normalized spacial score (nSPS) is 26.3. The SMILES string of the molecule is CC(C)C1=CCC(C(C)C)(S(=O)(=O)O)C=C1. The van der Waals surface area contributed by atoms with Crippen LogP contribution in [0.1, 0.15) is 34.1 Å². The summed E-state index contributed by atoms with van der Waals surface area (Å²) in [7, 11) is -4.07. The third kappa shape index (κ3) is 2.23. The molecule has 16 heavy (non-hydrogen) atoms. The van der Waals surface area contributed by atoms with E-state index in [-0.39, 0.29) is 5.92 Å². The summed E-state index contributed by atoms with van der Waals surface area (Å²) in [6, 6.07) is 0. The molecule has 0 heterocycles. The second kappa shape index (κ2) is 4.34. The number of rotatable bonds is 3. The van der Waals surface area contributed by atoms with E-state index in [9.17, 15) is 13.0 Å². The molecule has 1 aliphatic rings. The Kier molecular flexibility index (Phi) is 3.65. The van der Waals surface area contributed by atoms with Crippen molar-refractivity contribution in [1.29, 1.82) is 0 Å². The molecule has 0 aromatic rings. The van der Waals surface area contributed by atoms with Gasteiger partial charge < -0.3 is 0 Å². The van der Waals surface area contributed by atoms with Gasteiger partial charge in [-0.15, -0.1) is 0 Å². The predicted octanol–water partition coefficient (Wildman–Crippen LogP) is 2.81. The molecule has 1 aliphatic carbocycles. The maximum atomic E-state index is 11.5. The van der Waals surface area contributed by atoms with Crippen LogP contribution in [-0.2, 0) is 10.1 Å². The van der Waals surface area contributed by atoms with Crippen LogP contribution < -0.4 is 0 Å². The second-order valence-electron chi connectivity index (χ2n) is 4.98. The fraction of sp³-hybridized carbons (Fsp3) is 0.667. The minimum Gasteiger partial charge on any atom is -0.285 e. The van der Waals surface area contributed by atoms with Crippen LogP contribution in [-0.4, -0.2) is 17.7 Å². The molecule has 0 aliphatic heterocycles. The quantitative estimate of drug-likeness (QED) is 0.777. The Morgan fingerprint density at radius 1 is 1.31 bits per heavy atom. The molecule has 0 fully saturated rings. The van der Waals surface area contributed by atoms with E-state index in [0.29, 0.717) is 12.3 Å². The molecule has 0 spiro atoms. The first-order chi connectivity index (χ1) is 7.21. The van der Waals surface area contributed by atoms with Crippen LogP contribution in [0.4, 0.5) is 0 Å². The highest BCUT2D eigenvalue weighted by Crippen LogP contribution is 2.36. The van der Waals surface area contributed by atoms with E-state index < -0.39 is 14.9 Å². The van der Waals surface area contributed by atoms with Crippen molar-refractivity contribution in [3.05, 3.63) is 23.8 Å². The van der Waals surface area contributed by atoms with Crippen molar-refractivity contribution in [3.8, 4) is 0 Å². The summed E-state index contributed by atoms with van der Waals surface area (Å²) in [6.45, 7) is 7.75. The minimum absolute atomic E-state index is 0.149. The van der Waals surface area contributed by atoms with Gasteiger partial charge in [0.15, 0.2) is 0 Å². The van der Waals surface area contributed by atoms with Crippen LogP contribution >= 0.6 is 0 Å². The maximum absolute atomic E-state index is 11.5. The van der Waals surface area contributed by atoms with Gasteiger partial charge in [-0.05, 0) is 23.8 Å². The number of allylic oxidation sites excluding steroid dienone is 3. The lowest BCUT2D eigenvalue weighted by atomic mass is 9.84. The highest BCUT2D eigenvalue weighted by atomic mass is 32.2. The van der Waals surface area contributed by atoms with Crippen LogP contribution in [0.25, 0.3) is 0 Å². The summed E-state index contributed by atoms with van der Waals surface area (Å²) in [4.78, 5) is 0. The molecular weight excluding hydrogens is 224 g/mol. The summed E-state index contributed by atoms with van der Waals surface area (Å²) >= 11 is 0. The molecule has 1 atom stereocenters. The van der Waals surface area contributed by atoms with E-state index in [4.69, 9.17) is 0 Å². The first kappa shape index (κ1) is 13.5. The van der Waals surface area contributed by atoms with Crippen molar-refractivity contribution in [1.82, 2.24) is 0 Å². The summed E-state index contributed by atoms with van der Waals surface area (Å²) in [5.41, 5.74) is 1.12. The van der Waals surface area contributed by atoms with Crippen molar-refractivity contribution in [3.63, 3.8) is 0 Å². The van der Waals surface area contributed by atoms with Crippen molar-refractivity contribution >= 4 is 10.1 Å². The van der Waals surface area contributed by atoms with Gasteiger partial charge in [-0.25, -0.2) is 0 Å². The largest absolute Gasteiger partial charge is 0.285 e. The van der Waals surface area contributed by atoms with Crippen molar-refractivity contribution in [2.75, 3.05) is 0 Å². The Labute approximate surface area is 98.0 Å². The Morgan fingerprint density at radius 2 is 1.88 bits per heavy atom. The first-order valence-corrected chi connectivity index (χ1v) is 7.01. The zero-order valence-electron chi connectivity index (χ0n) is 10.3. The Balaban J connectivity index is 3.12. The molecule has 0 saturated carbocycles. The topological polar surface area (TPSA) is 54.4 Å². The molecule has 92 valence electrons. The van der Waals surface area contributed by atoms with Crippen LogP contribution in [0.3, 0.4) is 0 Å². The highest BCUT2D eigenvalue weighted by molar-refractivity contribution is 7.87. The van der Waals surface area contributed by atoms with Crippen molar-refractivity contribution in [2.24, 2.45) is 11.8 Å². The maximum Gasteiger partial charge on any atom is 0.274 e. The van der Waals surface area contributed by atoms with Crippen LogP contribution in [0, 0.1) is 11.8 Å². The van der Waals surface area contributed by atoms with E-state index in [0.717, 1.165) is 5.57 Å². The van der Waals surface area contributed by atoms with E-state index in [1.807, 2.05) is 26.0 Å². The van der Waals surface area contributed by atoms with Gasteiger partial charge in [-0.1, -0.05) is 45.9 Å². The van der Waals surface area contributed by atoms with E-state index in [1.54, 1.807) is 6.08 Å². The highest BCUT2D eigenvalue weighted by Gasteiger charge is 2.43. The first-order valence-electron chi connectivity index (χ1n) is 5.57. The number of hydrogen-bond acceptors (Lipinski definition) is 2. The standard InChI is InChI=1S/C12H20O3S/c1-9(2)11-5-7-12(8-6-11,10(3)4)16(13,14)15/h5-7,9-10H,8H2,1-4H3,(H,13,14,15). The van der Waals surface area contributed by atoms with E-state index in [2.05, 4.69) is 13.8 Å². The van der Waals surface area contributed by atoms with Gasteiger partial charge in [0.25, 0.3) is 10.1 Å². The lowest BCUT2D eigenvalue weighted by Gasteiger charge is -2.33. The molecular formula is C12H20O3S. The van der Waals surface area contributed by atoms with Gasteiger partial charge in [0.05, 0.1) is 0 Å². The predicted molar refractivity (Wildman–Crippen MR) is 65.8 cm³/mol. The lowest BCUT2D eigenvalue weighted by Crippen LogP contribution is -2.42. The fourth-order valence-corrected chi connectivity index (χ4v) is 3.13. The molecule has 0 aromatic heterocycles. The van der Waals surface area contributed by atoms with E-state index >= 15 is 0 Å². The molecule has 3 nitrogen and oxygen atoms in total. The van der Waals surface area contributed by atoms with Gasteiger partial charge in [-0.2, -0.15) is 8.42 Å². The molecule has 0 saturated heterocycles. The lowest BCUT2D eigenvalue weighted by molar-refractivity contribution is 0.397. The second-order valence-corrected chi connectivity index (χ2v) is 6.69. The van der Waals surface area contributed by atoms with Gasteiger partial charge >= 0.3 is 0 Å². The van der Waals surface area contributed by atoms with Gasteiger partial charge in [0, 0.05) is 0 Å². The minimum atomic E-state index is -4.07. The smallest absolute Gasteiger partial charge is 0.274 e. The molecule has 0 amide bonds. The Hall–Kier alpha value is -0.610. The third-order valence-corrected chi connectivity index (χ3v) is 5.07. The van der Waals surface area contributed by atoms with Crippen LogP contribution in [0.15, 0.2) is 23.8 Å². The summed E-state index contributed by atoms with van der Waals surface area (Å²) < 4.78 is 31.2. The number of hydrogen-bond donors (Lipinski definition) is 1. The zero-order valence-corrected chi connectivity index (χ0v) is 11.1. The van der Waals surface area contributed by atoms with Crippen molar-refractivity contribution < 1.29 is 13.0 Å². The summed E-state index contributed by atoms with van der Waals surface area (Å²) in [5.74, 6) is 0.228. The summed E-state index contributed by atoms with van der Waals surface area (Å²) in [5, 5.41) is 0.